The minimum absolute atomic E-state index is 0.256. The van der Waals surface area contributed by atoms with Crippen LogP contribution in [0.25, 0.3) is 0 Å². The second kappa shape index (κ2) is 3.67. The minimum atomic E-state index is -0.331. The number of halogens is 1. The van der Waals surface area contributed by atoms with Gasteiger partial charge in [0, 0.05) is 5.69 Å². The van der Waals surface area contributed by atoms with Crippen molar-refractivity contribution < 1.29 is 4.79 Å². The molecule has 1 aromatic heterocycles. The zero-order valence-electron chi connectivity index (χ0n) is 6.67. The number of aryl methyl sites for hydroxylation is 1. The van der Waals surface area contributed by atoms with Crippen LogP contribution >= 0.6 is 15.9 Å². The van der Waals surface area contributed by atoms with Crippen LogP contribution in [0, 0.1) is 6.92 Å². The molecule has 4 heteroatoms. The number of hydrogen-bond acceptors (Lipinski definition) is 2. The third-order valence-corrected chi connectivity index (χ3v) is 1.97. The number of amides is 1. The molecular formula is C8H9BrN2O. The van der Waals surface area contributed by atoms with E-state index in [0.29, 0.717) is 0 Å². The molecule has 0 aromatic carbocycles. The Labute approximate surface area is 79.1 Å². The molecular weight excluding hydrogens is 220 g/mol. The molecule has 64 valence electrons. The number of primary amides is 1. The molecule has 2 N–H and O–H groups in total. The third-order valence-electron chi connectivity index (χ3n) is 1.53. The summed E-state index contributed by atoms with van der Waals surface area (Å²) < 4.78 is 0.772. The summed E-state index contributed by atoms with van der Waals surface area (Å²) in [5, 5.41) is 0. The van der Waals surface area contributed by atoms with E-state index < -0.39 is 0 Å². The minimum Gasteiger partial charge on any atom is -0.369 e. The Balaban J connectivity index is 2.93. The first-order valence-electron chi connectivity index (χ1n) is 3.50. The Hall–Kier alpha value is -0.900. The molecule has 0 aliphatic carbocycles. The Morgan fingerprint density at radius 3 is 2.83 bits per heavy atom. The molecule has 0 bridgehead atoms. The van der Waals surface area contributed by atoms with Gasteiger partial charge in [0.1, 0.15) is 4.60 Å². The number of hydrogen-bond donors (Lipinski definition) is 1. The van der Waals surface area contributed by atoms with Crippen LogP contribution in [-0.4, -0.2) is 10.9 Å². The summed E-state index contributed by atoms with van der Waals surface area (Å²) in [6.45, 7) is 1.85. The molecule has 1 heterocycles. The van der Waals surface area contributed by atoms with Crippen molar-refractivity contribution in [3.63, 3.8) is 0 Å². The summed E-state index contributed by atoms with van der Waals surface area (Å²) in [6, 6.07) is 3.64. The molecule has 0 aliphatic rings. The van der Waals surface area contributed by atoms with Crippen LogP contribution in [-0.2, 0) is 11.2 Å². The van der Waals surface area contributed by atoms with Crippen LogP contribution in [0.3, 0.4) is 0 Å². The van der Waals surface area contributed by atoms with Gasteiger partial charge in [0.25, 0.3) is 0 Å². The lowest BCUT2D eigenvalue weighted by Crippen LogP contribution is -2.14. The Kier molecular flexibility index (Phi) is 2.81. The van der Waals surface area contributed by atoms with Crippen LogP contribution in [0.5, 0.6) is 0 Å². The highest BCUT2D eigenvalue weighted by Gasteiger charge is 2.02. The summed E-state index contributed by atoms with van der Waals surface area (Å²) in [4.78, 5) is 14.7. The fourth-order valence-electron chi connectivity index (χ4n) is 0.934. The van der Waals surface area contributed by atoms with Crippen LogP contribution in [0.1, 0.15) is 11.3 Å². The van der Waals surface area contributed by atoms with E-state index in [1.54, 1.807) is 6.07 Å². The van der Waals surface area contributed by atoms with E-state index in [-0.39, 0.29) is 12.3 Å². The van der Waals surface area contributed by atoms with Gasteiger partial charge in [-0.05, 0) is 34.5 Å². The Bertz CT molecular complexity index is 312. The smallest absolute Gasteiger partial charge is 0.221 e. The average Bonchev–Trinajstić information content (AvgIpc) is 1.94. The maximum Gasteiger partial charge on any atom is 0.221 e. The predicted octanol–water partition coefficient (Wildman–Crippen LogP) is 1.18. The number of pyridine rings is 1. The topological polar surface area (TPSA) is 56.0 Å². The molecule has 0 saturated heterocycles. The molecule has 12 heavy (non-hydrogen) atoms. The van der Waals surface area contributed by atoms with Crippen LogP contribution in [0.2, 0.25) is 0 Å². The number of nitrogens with two attached hydrogens (primary N) is 1. The Morgan fingerprint density at radius 1 is 1.67 bits per heavy atom. The molecule has 0 atom stereocenters. The molecule has 0 saturated carbocycles. The van der Waals surface area contributed by atoms with Crippen LogP contribution < -0.4 is 5.73 Å². The summed E-state index contributed by atoms with van der Waals surface area (Å²) in [7, 11) is 0. The van der Waals surface area contributed by atoms with Crippen LogP contribution in [0.4, 0.5) is 0 Å². The SMILES string of the molecule is Cc1nc(Br)ccc1CC(N)=O. The van der Waals surface area contributed by atoms with E-state index in [9.17, 15) is 4.79 Å². The molecule has 0 radical (unpaired) electrons. The van der Waals surface area contributed by atoms with Crippen molar-refractivity contribution in [2.75, 3.05) is 0 Å². The van der Waals surface area contributed by atoms with Gasteiger partial charge in [0.15, 0.2) is 0 Å². The quantitative estimate of drug-likeness (QED) is 0.774. The first kappa shape index (κ1) is 9.19. The molecule has 0 aliphatic heterocycles. The summed E-state index contributed by atoms with van der Waals surface area (Å²) in [6.07, 6.45) is 0.256. The number of aromatic nitrogens is 1. The Morgan fingerprint density at radius 2 is 2.33 bits per heavy atom. The number of carbonyl (C=O) groups is 1. The lowest BCUT2D eigenvalue weighted by molar-refractivity contribution is -0.117. The van der Waals surface area contributed by atoms with Crippen LogP contribution in [0.15, 0.2) is 16.7 Å². The fourth-order valence-corrected chi connectivity index (χ4v) is 1.33. The standard InChI is InChI=1S/C8H9BrN2O/c1-5-6(4-8(10)12)2-3-7(9)11-5/h2-3H,4H2,1H3,(H2,10,12). The zero-order valence-corrected chi connectivity index (χ0v) is 8.26. The van der Waals surface area contributed by atoms with Gasteiger partial charge >= 0.3 is 0 Å². The van der Waals surface area contributed by atoms with Gasteiger partial charge in [-0.15, -0.1) is 0 Å². The van der Waals surface area contributed by atoms with Gasteiger partial charge in [0.05, 0.1) is 6.42 Å². The lowest BCUT2D eigenvalue weighted by Gasteiger charge is -2.01. The van der Waals surface area contributed by atoms with Crippen molar-refractivity contribution >= 4 is 21.8 Å². The normalized spacial score (nSPS) is 9.83. The number of nitrogens with zero attached hydrogens (tertiary/aromatic N) is 1. The van der Waals surface area contributed by atoms with E-state index in [1.165, 1.54) is 0 Å². The number of carbonyl (C=O) groups excluding carboxylic acids is 1. The highest BCUT2D eigenvalue weighted by molar-refractivity contribution is 9.10. The number of rotatable bonds is 2. The molecule has 0 fully saturated rings. The van der Waals surface area contributed by atoms with Gasteiger partial charge in [-0.25, -0.2) is 4.98 Å². The van der Waals surface area contributed by atoms with Crippen molar-refractivity contribution in [2.45, 2.75) is 13.3 Å². The monoisotopic (exact) mass is 228 g/mol. The highest BCUT2D eigenvalue weighted by Crippen LogP contribution is 2.11. The zero-order chi connectivity index (χ0) is 9.14. The van der Waals surface area contributed by atoms with Gasteiger partial charge < -0.3 is 5.73 Å². The van der Waals surface area contributed by atoms with E-state index in [0.717, 1.165) is 15.9 Å². The van der Waals surface area contributed by atoms with Gasteiger partial charge in [-0.2, -0.15) is 0 Å². The molecule has 1 rings (SSSR count). The first-order chi connectivity index (χ1) is 5.59. The second-order valence-corrected chi connectivity index (χ2v) is 3.33. The molecule has 1 aromatic rings. The second-order valence-electron chi connectivity index (χ2n) is 2.52. The highest BCUT2D eigenvalue weighted by atomic mass is 79.9. The van der Waals surface area contributed by atoms with Gasteiger partial charge in [-0.3, -0.25) is 4.79 Å². The van der Waals surface area contributed by atoms with E-state index in [1.807, 2.05) is 13.0 Å². The summed E-state index contributed by atoms with van der Waals surface area (Å²) >= 11 is 3.24. The van der Waals surface area contributed by atoms with Crippen molar-refractivity contribution in [1.29, 1.82) is 0 Å². The largest absolute Gasteiger partial charge is 0.369 e. The maximum atomic E-state index is 10.6. The fraction of sp³-hybridized carbons (Fsp3) is 0.250. The van der Waals surface area contributed by atoms with Crippen molar-refractivity contribution in [3.8, 4) is 0 Å². The van der Waals surface area contributed by atoms with Crippen molar-refractivity contribution in [2.24, 2.45) is 5.73 Å². The average molecular weight is 229 g/mol. The first-order valence-corrected chi connectivity index (χ1v) is 4.29. The molecule has 1 amide bonds. The van der Waals surface area contributed by atoms with Crippen molar-refractivity contribution in [1.82, 2.24) is 4.98 Å². The van der Waals surface area contributed by atoms with Crippen molar-refractivity contribution in [3.05, 3.63) is 28.0 Å². The maximum absolute atomic E-state index is 10.6. The summed E-state index contributed by atoms with van der Waals surface area (Å²) in [5.41, 5.74) is 6.77. The molecule has 0 spiro atoms. The van der Waals surface area contributed by atoms with E-state index in [2.05, 4.69) is 20.9 Å². The van der Waals surface area contributed by atoms with Gasteiger partial charge in [0.2, 0.25) is 5.91 Å². The van der Waals surface area contributed by atoms with Gasteiger partial charge in [-0.1, -0.05) is 6.07 Å². The lowest BCUT2D eigenvalue weighted by atomic mass is 10.1. The molecule has 0 unspecified atom stereocenters. The van der Waals surface area contributed by atoms with E-state index in [4.69, 9.17) is 5.73 Å². The predicted molar refractivity (Wildman–Crippen MR) is 49.6 cm³/mol. The third kappa shape index (κ3) is 2.30. The molecule has 3 nitrogen and oxygen atoms in total. The summed E-state index contributed by atoms with van der Waals surface area (Å²) in [5.74, 6) is -0.331. The van der Waals surface area contributed by atoms with E-state index >= 15 is 0 Å².